The number of aromatic nitrogens is 2. The summed E-state index contributed by atoms with van der Waals surface area (Å²) in [4.78, 5) is 6.35. The highest BCUT2D eigenvalue weighted by Gasteiger charge is 2.09. The van der Waals surface area contributed by atoms with E-state index in [-0.39, 0.29) is 6.54 Å². The van der Waals surface area contributed by atoms with Crippen LogP contribution in [0.2, 0.25) is 0 Å². The first-order valence-corrected chi connectivity index (χ1v) is 5.61. The number of likely N-dealkylation sites (N-methyl/N-ethyl adjacent to an activating group) is 1. The standard InChI is InChI=1S/C10H20N4O2/c1-3-14(5-6-15-4-2)8-9-12-10(7-11)16-13-9/h3-8,11H2,1-2H3. The number of ether oxygens (including phenoxy) is 1. The van der Waals surface area contributed by atoms with Crippen molar-refractivity contribution in [2.75, 3.05) is 26.3 Å². The van der Waals surface area contributed by atoms with Gasteiger partial charge in [0.25, 0.3) is 0 Å². The zero-order valence-corrected chi connectivity index (χ0v) is 9.98. The minimum Gasteiger partial charge on any atom is -0.380 e. The molecule has 2 N–H and O–H groups in total. The van der Waals surface area contributed by atoms with Crippen LogP contribution in [0.3, 0.4) is 0 Å². The van der Waals surface area contributed by atoms with Crippen molar-refractivity contribution in [2.45, 2.75) is 26.9 Å². The van der Waals surface area contributed by atoms with E-state index < -0.39 is 0 Å². The van der Waals surface area contributed by atoms with Gasteiger partial charge in [-0.15, -0.1) is 0 Å². The maximum atomic E-state index is 5.39. The third-order valence-electron chi connectivity index (χ3n) is 2.25. The summed E-state index contributed by atoms with van der Waals surface area (Å²) in [6, 6.07) is 0. The van der Waals surface area contributed by atoms with E-state index in [1.54, 1.807) is 0 Å². The molecular weight excluding hydrogens is 208 g/mol. The number of rotatable bonds is 8. The van der Waals surface area contributed by atoms with Crippen LogP contribution in [0.15, 0.2) is 4.52 Å². The summed E-state index contributed by atoms with van der Waals surface area (Å²) in [5, 5.41) is 3.85. The van der Waals surface area contributed by atoms with Crippen molar-refractivity contribution in [3.8, 4) is 0 Å². The van der Waals surface area contributed by atoms with Crippen molar-refractivity contribution in [1.29, 1.82) is 0 Å². The molecule has 0 amide bonds. The van der Waals surface area contributed by atoms with Crippen molar-refractivity contribution < 1.29 is 9.26 Å². The van der Waals surface area contributed by atoms with Crippen molar-refractivity contribution >= 4 is 0 Å². The quantitative estimate of drug-likeness (QED) is 0.648. The molecule has 0 radical (unpaired) electrons. The van der Waals surface area contributed by atoms with Crippen molar-refractivity contribution in [2.24, 2.45) is 5.73 Å². The minimum atomic E-state index is 0.290. The Hall–Kier alpha value is -0.980. The second-order valence-electron chi connectivity index (χ2n) is 3.37. The van der Waals surface area contributed by atoms with Crippen molar-refractivity contribution in [3.63, 3.8) is 0 Å². The Morgan fingerprint density at radius 3 is 2.81 bits per heavy atom. The Bertz CT molecular complexity index is 290. The Balaban J connectivity index is 2.36. The molecule has 0 unspecified atom stereocenters. The van der Waals surface area contributed by atoms with Crippen LogP contribution in [0.25, 0.3) is 0 Å². The summed E-state index contributed by atoms with van der Waals surface area (Å²) in [6.45, 7) is 8.32. The predicted octanol–water partition coefficient (Wildman–Crippen LogP) is 0.387. The van der Waals surface area contributed by atoms with Gasteiger partial charge in [-0.1, -0.05) is 12.1 Å². The van der Waals surface area contributed by atoms with Gasteiger partial charge in [0.1, 0.15) is 0 Å². The smallest absolute Gasteiger partial charge is 0.240 e. The van der Waals surface area contributed by atoms with E-state index >= 15 is 0 Å². The van der Waals surface area contributed by atoms with Gasteiger partial charge in [0.2, 0.25) is 5.89 Å². The summed E-state index contributed by atoms with van der Waals surface area (Å²) >= 11 is 0. The highest BCUT2D eigenvalue weighted by molar-refractivity contribution is 4.85. The summed E-state index contributed by atoms with van der Waals surface area (Å²) in [5.74, 6) is 1.16. The van der Waals surface area contributed by atoms with Gasteiger partial charge in [-0.3, -0.25) is 4.90 Å². The van der Waals surface area contributed by atoms with E-state index in [0.717, 1.165) is 26.3 Å². The molecule has 0 aliphatic heterocycles. The monoisotopic (exact) mass is 228 g/mol. The van der Waals surface area contributed by atoms with Crippen LogP contribution >= 0.6 is 0 Å². The molecule has 0 saturated heterocycles. The first-order chi connectivity index (χ1) is 7.80. The topological polar surface area (TPSA) is 77.4 Å². The molecule has 0 aliphatic rings. The van der Waals surface area contributed by atoms with E-state index in [2.05, 4.69) is 22.0 Å². The lowest BCUT2D eigenvalue weighted by atomic mass is 10.4. The molecule has 0 fully saturated rings. The highest BCUT2D eigenvalue weighted by Crippen LogP contribution is 2.01. The Labute approximate surface area is 95.7 Å². The van der Waals surface area contributed by atoms with Gasteiger partial charge in [0.15, 0.2) is 5.82 Å². The van der Waals surface area contributed by atoms with E-state index in [4.69, 9.17) is 15.0 Å². The second kappa shape index (κ2) is 7.32. The zero-order chi connectivity index (χ0) is 11.8. The molecule has 0 aromatic carbocycles. The predicted molar refractivity (Wildman–Crippen MR) is 59.6 cm³/mol. The molecule has 1 aromatic rings. The molecule has 6 heteroatoms. The van der Waals surface area contributed by atoms with Crippen molar-refractivity contribution in [1.82, 2.24) is 15.0 Å². The molecule has 1 heterocycles. The number of nitrogens with zero attached hydrogens (tertiary/aromatic N) is 3. The average molecular weight is 228 g/mol. The maximum Gasteiger partial charge on any atom is 0.240 e. The van der Waals surface area contributed by atoms with Gasteiger partial charge in [-0.05, 0) is 13.5 Å². The summed E-state index contributed by atoms with van der Waals surface area (Å²) in [5.41, 5.74) is 5.39. The Kier molecular flexibility index (Phi) is 5.99. The van der Waals surface area contributed by atoms with Gasteiger partial charge in [-0.25, -0.2) is 0 Å². The molecule has 0 bridgehead atoms. The fourth-order valence-corrected chi connectivity index (χ4v) is 1.32. The van der Waals surface area contributed by atoms with E-state index in [1.165, 1.54) is 0 Å². The first kappa shape index (κ1) is 13.1. The molecule has 1 aromatic heterocycles. The lowest BCUT2D eigenvalue weighted by Crippen LogP contribution is -2.27. The second-order valence-corrected chi connectivity index (χ2v) is 3.37. The first-order valence-electron chi connectivity index (χ1n) is 5.61. The van der Waals surface area contributed by atoms with E-state index in [1.807, 2.05) is 6.92 Å². The average Bonchev–Trinajstić information content (AvgIpc) is 2.75. The van der Waals surface area contributed by atoms with Gasteiger partial charge in [0.05, 0.1) is 19.7 Å². The van der Waals surface area contributed by atoms with Crippen LogP contribution in [0.1, 0.15) is 25.6 Å². The largest absolute Gasteiger partial charge is 0.380 e. The SMILES string of the molecule is CCOCCN(CC)Cc1noc(CN)n1. The van der Waals surface area contributed by atoms with Gasteiger partial charge >= 0.3 is 0 Å². The molecule has 0 saturated carbocycles. The van der Waals surface area contributed by atoms with Gasteiger partial charge in [-0.2, -0.15) is 4.98 Å². The van der Waals surface area contributed by atoms with Crippen LogP contribution < -0.4 is 5.73 Å². The van der Waals surface area contributed by atoms with Crippen LogP contribution in [-0.2, 0) is 17.8 Å². The van der Waals surface area contributed by atoms with Crippen molar-refractivity contribution in [3.05, 3.63) is 11.7 Å². The van der Waals surface area contributed by atoms with Crippen LogP contribution in [0, 0.1) is 0 Å². The summed E-state index contributed by atoms with van der Waals surface area (Å²) in [7, 11) is 0. The van der Waals surface area contributed by atoms with E-state index in [0.29, 0.717) is 18.3 Å². The molecule has 0 aliphatic carbocycles. The third-order valence-corrected chi connectivity index (χ3v) is 2.25. The molecular formula is C10H20N4O2. The fourth-order valence-electron chi connectivity index (χ4n) is 1.32. The van der Waals surface area contributed by atoms with Crippen LogP contribution in [-0.4, -0.2) is 41.3 Å². The lowest BCUT2D eigenvalue weighted by Gasteiger charge is -2.17. The number of hydrogen-bond acceptors (Lipinski definition) is 6. The number of nitrogens with two attached hydrogens (primary N) is 1. The lowest BCUT2D eigenvalue weighted by molar-refractivity contribution is 0.111. The Morgan fingerprint density at radius 1 is 1.44 bits per heavy atom. The third kappa shape index (κ3) is 4.26. The Morgan fingerprint density at radius 2 is 2.25 bits per heavy atom. The van der Waals surface area contributed by atoms with E-state index in [9.17, 15) is 0 Å². The fraction of sp³-hybridized carbons (Fsp3) is 0.800. The summed E-state index contributed by atoms with van der Waals surface area (Å²) < 4.78 is 10.2. The van der Waals surface area contributed by atoms with Crippen LogP contribution in [0.5, 0.6) is 0 Å². The van der Waals surface area contributed by atoms with Crippen LogP contribution in [0.4, 0.5) is 0 Å². The van der Waals surface area contributed by atoms with Gasteiger partial charge in [0, 0.05) is 13.2 Å². The maximum absolute atomic E-state index is 5.39. The number of hydrogen-bond donors (Lipinski definition) is 1. The highest BCUT2D eigenvalue weighted by atomic mass is 16.5. The normalized spacial score (nSPS) is 11.2. The molecule has 1 rings (SSSR count). The van der Waals surface area contributed by atoms with Gasteiger partial charge < -0.3 is 15.0 Å². The molecule has 0 spiro atoms. The molecule has 6 nitrogen and oxygen atoms in total. The zero-order valence-electron chi connectivity index (χ0n) is 9.98. The molecule has 0 atom stereocenters. The molecule has 92 valence electrons. The minimum absolute atomic E-state index is 0.290. The molecule has 16 heavy (non-hydrogen) atoms. The summed E-state index contributed by atoms with van der Waals surface area (Å²) in [6.07, 6.45) is 0.